The van der Waals surface area contributed by atoms with Crippen molar-refractivity contribution in [2.24, 2.45) is 0 Å². The molecular formula is C29H23N5O2. The summed E-state index contributed by atoms with van der Waals surface area (Å²) in [5.74, 6) is 2.92. The summed E-state index contributed by atoms with van der Waals surface area (Å²) in [6.45, 7) is 2.60. The Morgan fingerprint density at radius 2 is 1.83 bits per heavy atom. The SMILES string of the molecule is Cc1oc(-c2ccccc2)cc1-c1nc(C2OCCc3ccccc32)nn1-c1ccc2[nH]ncc2c1. The number of aromatic nitrogens is 5. The molecule has 3 aromatic carbocycles. The first-order valence-corrected chi connectivity index (χ1v) is 12.0. The van der Waals surface area contributed by atoms with E-state index in [1.165, 1.54) is 5.56 Å². The minimum atomic E-state index is -0.326. The van der Waals surface area contributed by atoms with Crippen LogP contribution in [-0.4, -0.2) is 31.6 Å². The number of hydrogen-bond acceptors (Lipinski definition) is 5. The van der Waals surface area contributed by atoms with Gasteiger partial charge in [-0.1, -0.05) is 54.6 Å². The molecule has 36 heavy (non-hydrogen) atoms. The molecule has 0 amide bonds. The van der Waals surface area contributed by atoms with E-state index in [9.17, 15) is 0 Å². The lowest BCUT2D eigenvalue weighted by atomic mass is 9.97. The third-order valence-electron chi connectivity index (χ3n) is 6.74. The normalized spacial score (nSPS) is 15.3. The minimum absolute atomic E-state index is 0.326. The first-order valence-electron chi connectivity index (χ1n) is 12.0. The highest BCUT2D eigenvalue weighted by atomic mass is 16.5. The quantitative estimate of drug-likeness (QED) is 0.337. The van der Waals surface area contributed by atoms with Crippen LogP contribution in [0.25, 0.3) is 39.3 Å². The van der Waals surface area contributed by atoms with Gasteiger partial charge in [0.1, 0.15) is 17.6 Å². The van der Waals surface area contributed by atoms with Gasteiger partial charge in [0.05, 0.1) is 29.6 Å². The van der Waals surface area contributed by atoms with Crippen molar-refractivity contribution in [3.8, 4) is 28.4 Å². The number of furan rings is 1. The van der Waals surface area contributed by atoms with Crippen molar-refractivity contribution in [1.82, 2.24) is 25.0 Å². The Balaban J connectivity index is 1.41. The predicted octanol–water partition coefficient (Wildman–Crippen LogP) is 6.04. The summed E-state index contributed by atoms with van der Waals surface area (Å²) in [6.07, 6.45) is 2.37. The maximum absolute atomic E-state index is 6.22. The van der Waals surface area contributed by atoms with E-state index in [0.29, 0.717) is 18.3 Å². The van der Waals surface area contributed by atoms with Gasteiger partial charge >= 0.3 is 0 Å². The maximum atomic E-state index is 6.22. The lowest BCUT2D eigenvalue weighted by molar-refractivity contribution is 0.0641. The van der Waals surface area contributed by atoms with Gasteiger partial charge in [0, 0.05) is 10.9 Å². The van der Waals surface area contributed by atoms with E-state index in [4.69, 9.17) is 19.2 Å². The summed E-state index contributed by atoms with van der Waals surface area (Å²) < 4.78 is 14.3. The fourth-order valence-electron chi connectivity index (χ4n) is 4.91. The first-order chi connectivity index (χ1) is 17.7. The summed E-state index contributed by atoms with van der Waals surface area (Å²) in [5, 5.41) is 13.2. The van der Waals surface area contributed by atoms with Crippen molar-refractivity contribution in [3.63, 3.8) is 0 Å². The molecule has 0 aliphatic carbocycles. The Kier molecular flexibility index (Phi) is 4.82. The zero-order valence-corrected chi connectivity index (χ0v) is 19.7. The van der Waals surface area contributed by atoms with E-state index in [0.717, 1.165) is 51.2 Å². The number of H-pyrrole nitrogens is 1. The number of nitrogens with one attached hydrogen (secondary N) is 1. The van der Waals surface area contributed by atoms with Gasteiger partial charge in [-0.2, -0.15) is 5.10 Å². The number of fused-ring (bicyclic) bond motifs is 2. The van der Waals surface area contributed by atoms with Crippen LogP contribution >= 0.6 is 0 Å². The third-order valence-corrected chi connectivity index (χ3v) is 6.74. The second-order valence-corrected chi connectivity index (χ2v) is 8.99. The van der Waals surface area contributed by atoms with Crippen molar-refractivity contribution in [2.45, 2.75) is 19.4 Å². The van der Waals surface area contributed by atoms with Crippen molar-refractivity contribution in [1.29, 1.82) is 0 Å². The van der Waals surface area contributed by atoms with E-state index < -0.39 is 0 Å². The van der Waals surface area contributed by atoms with E-state index in [1.807, 2.05) is 72.4 Å². The molecule has 4 heterocycles. The van der Waals surface area contributed by atoms with Crippen LogP contribution in [0.5, 0.6) is 0 Å². The molecular weight excluding hydrogens is 450 g/mol. The van der Waals surface area contributed by atoms with Crippen molar-refractivity contribution < 1.29 is 9.15 Å². The molecule has 1 unspecified atom stereocenters. The van der Waals surface area contributed by atoms with Crippen LogP contribution in [-0.2, 0) is 11.2 Å². The molecule has 7 nitrogen and oxygen atoms in total. The monoisotopic (exact) mass is 473 g/mol. The lowest BCUT2D eigenvalue weighted by Gasteiger charge is -2.23. The van der Waals surface area contributed by atoms with Crippen LogP contribution in [0.15, 0.2) is 89.5 Å². The summed E-state index contributed by atoms with van der Waals surface area (Å²) in [5.41, 5.74) is 6.16. The van der Waals surface area contributed by atoms with Crippen LogP contribution in [0.3, 0.4) is 0 Å². The second-order valence-electron chi connectivity index (χ2n) is 8.99. The number of ether oxygens (including phenoxy) is 1. The molecule has 7 rings (SSSR count). The summed E-state index contributed by atoms with van der Waals surface area (Å²) in [7, 11) is 0. The van der Waals surface area contributed by atoms with Gasteiger partial charge in [0.15, 0.2) is 11.6 Å². The topological polar surface area (TPSA) is 81.8 Å². The molecule has 0 saturated carbocycles. The molecule has 0 saturated heterocycles. The third kappa shape index (κ3) is 3.44. The number of benzene rings is 3. The fourth-order valence-corrected chi connectivity index (χ4v) is 4.91. The average molecular weight is 474 g/mol. The molecule has 0 spiro atoms. The van der Waals surface area contributed by atoms with Gasteiger partial charge in [-0.3, -0.25) is 5.10 Å². The van der Waals surface area contributed by atoms with Gasteiger partial charge in [-0.15, -0.1) is 5.10 Å². The van der Waals surface area contributed by atoms with Crippen molar-refractivity contribution in [3.05, 3.63) is 108 Å². The van der Waals surface area contributed by atoms with Crippen LogP contribution in [0.4, 0.5) is 0 Å². The molecule has 0 radical (unpaired) electrons. The van der Waals surface area contributed by atoms with Crippen molar-refractivity contribution in [2.75, 3.05) is 6.61 Å². The standard InChI is InChI=1S/C29H23N5O2/c1-18-24(16-26(36-18)20-8-3-2-4-9-20)29-31-28(27-23-10-6-5-7-19(23)13-14-35-27)33-34(29)22-11-12-25-21(15-22)17-30-32-25/h2-12,15-17,27H,13-14H2,1H3,(H,30,32). The van der Waals surface area contributed by atoms with E-state index in [-0.39, 0.29) is 6.10 Å². The molecule has 7 heteroatoms. The molecule has 1 aliphatic heterocycles. The second kappa shape index (κ2) is 8.32. The zero-order chi connectivity index (χ0) is 24.1. The van der Waals surface area contributed by atoms with Gasteiger partial charge in [-0.05, 0) is 48.7 Å². The molecule has 1 N–H and O–H groups in total. The highest BCUT2D eigenvalue weighted by Crippen LogP contribution is 2.36. The number of nitrogens with zero attached hydrogens (tertiary/aromatic N) is 4. The minimum Gasteiger partial charge on any atom is -0.461 e. The lowest BCUT2D eigenvalue weighted by Crippen LogP contribution is -2.18. The highest BCUT2D eigenvalue weighted by molar-refractivity contribution is 5.80. The van der Waals surface area contributed by atoms with Gasteiger partial charge in [-0.25, -0.2) is 9.67 Å². The number of hydrogen-bond donors (Lipinski definition) is 1. The number of rotatable bonds is 4. The molecule has 1 aliphatic rings. The van der Waals surface area contributed by atoms with E-state index >= 15 is 0 Å². The van der Waals surface area contributed by atoms with Gasteiger partial charge in [0.25, 0.3) is 0 Å². The molecule has 176 valence electrons. The Hall–Kier alpha value is -4.49. The Bertz CT molecular complexity index is 1700. The number of aryl methyl sites for hydroxylation is 1. The summed E-state index contributed by atoms with van der Waals surface area (Å²) in [4.78, 5) is 5.06. The Labute approximate surface area is 207 Å². The zero-order valence-electron chi connectivity index (χ0n) is 19.7. The fraction of sp³-hybridized carbons (Fsp3) is 0.138. The summed E-state index contributed by atoms with van der Waals surface area (Å²) >= 11 is 0. The van der Waals surface area contributed by atoms with Crippen LogP contribution < -0.4 is 0 Å². The first kappa shape index (κ1) is 20.8. The van der Waals surface area contributed by atoms with Crippen molar-refractivity contribution >= 4 is 10.9 Å². The molecule has 1 atom stereocenters. The maximum Gasteiger partial charge on any atom is 0.185 e. The highest BCUT2D eigenvalue weighted by Gasteiger charge is 2.29. The van der Waals surface area contributed by atoms with E-state index in [2.05, 4.69) is 34.5 Å². The number of aromatic amines is 1. The smallest absolute Gasteiger partial charge is 0.185 e. The molecule has 0 fully saturated rings. The van der Waals surface area contributed by atoms with E-state index in [1.54, 1.807) is 0 Å². The Morgan fingerprint density at radius 1 is 0.972 bits per heavy atom. The van der Waals surface area contributed by atoms with Crippen LogP contribution in [0.1, 0.15) is 28.8 Å². The predicted molar refractivity (Wildman–Crippen MR) is 137 cm³/mol. The van der Waals surface area contributed by atoms with Crippen LogP contribution in [0, 0.1) is 6.92 Å². The van der Waals surface area contributed by atoms with Gasteiger partial charge < -0.3 is 9.15 Å². The van der Waals surface area contributed by atoms with Crippen LogP contribution in [0.2, 0.25) is 0 Å². The molecule has 6 aromatic rings. The summed E-state index contributed by atoms with van der Waals surface area (Å²) in [6, 6.07) is 26.6. The Morgan fingerprint density at radius 3 is 2.75 bits per heavy atom. The molecule has 0 bridgehead atoms. The largest absolute Gasteiger partial charge is 0.461 e. The van der Waals surface area contributed by atoms with Gasteiger partial charge in [0.2, 0.25) is 0 Å². The average Bonchev–Trinajstić information content (AvgIpc) is 3.66. The molecule has 3 aromatic heterocycles.